The molecule has 9 nitrogen and oxygen atoms in total. The summed E-state index contributed by atoms with van der Waals surface area (Å²) in [6.07, 6.45) is 6.93. The first kappa shape index (κ1) is 22.1. The molecule has 11 heteroatoms. The Hall–Kier alpha value is -4.12. The van der Waals surface area contributed by atoms with Crippen LogP contribution in [-0.4, -0.2) is 40.3 Å². The molecule has 33 heavy (non-hydrogen) atoms. The van der Waals surface area contributed by atoms with Gasteiger partial charge in [0.05, 0.1) is 29.2 Å². The number of H-pyrrole nitrogens is 1. The number of rotatable bonds is 5. The number of allylic oxidation sites excluding steroid dienone is 1. The third-order valence-corrected chi connectivity index (χ3v) is 5.90. The van der Waals surface area contributed by atoms with Gasteiger partial charge in [0, 0.05) is 35.2 Å². The van der Waals surface area contributed by atoms with Gasteiger partial charge in [-0.1, -0.05) is 6.08 Å². The van der Waals surface area contributed by atoms with Gasteiger partial charge >= 0.3 is 0 Å². The SMILES string of the molecule is C/C=C(/NC(=O)c1cncc2c1cnn2-c1ccc(F)cc1)c1cc(S(C)(=O)=O)[nH]c(=O)c1. The van der Waals surface area contributed by atoms with Gasteiger partial charge in [0.2, 0.25) is 5.56 Å². The number of hydrogen-bond acceptors (Lipinski definition) is 6. The summed E-state index contributed by atoms with van der Waals surface area (Å²) >= 11 is 0. The van der Waals surface area contributed by atoms with E-state index in [1.54, 1.807) is 25.1 Å². The number of amides is 1. The molecule has 4 rings (SSSR count). The molecule has 4 aromatic rings. The molecule has 168 valence electrons. The van der Waals surface area contributed by atoms with Crippen LogP contribution in [0.3, 0.4) is 0 Å². The Morgan fingerprint density at radius 2 is 1.88 bits per heavy atom. The average molecular weight is 467 g/mol. The molecule has 0 saturated carbocycles. The fraction of sp³-hybridized carbons (Fsp3) is 0.0909. The first-order valence-corrected chi connectivity index (χ1v) is 11.6. The second-order valence-electron chi connectivity index (χ2n) is 7.18. The maximum atomic E-state index is 13.3. The number of halogens is 1. The molecule has 0 radical (unpaired) electrons. The maximum absolute atomic E-state index is 13.3. The van der Waals surface area contributed by atoms with Gasteiger partial charge < -0.3 is 10.3 Å². The van der Waals surface area contributed by atoms with Crippen molar-refractivity contribution in [2.24, 2.45) is 0 Å². The van der Waals surface area contributed by atoms with E-state index in [4.69, 9.17) is 0 Å². The minimum Gasteiger partial charge on any atom is -0.322 e. The summed E-state index contributed by atoms with van der Waals surface area (Å²) in [5.41, 5.74) is 1.21. The highest BCUT2D eigenvalue weighted by molar-refractivity contribution is 7.90. The summed E-state index contributed by atoms with van der Waals surface area (Å²) in [4.78, 5) is 31.4. The van der Waals surface area contributed by atoms with Gasteiger partial charge in [-0.05, 0) is 37.3 Å². The summed E-state index contributed by atoms with van der Waals surface area (Å²) < 4.78 is 38.5. The second kappa shape index (κ2) is 8.43. The minimum absolute atomic E-state index is 0.216. The van der Waals surface area contributed by atoms with Crippen molar-refractivity contribution in [2.75, 3.05) is 6.26 Å². The van der Waals surface area contributed by atoms with Crippen molar-refractivity contribution in [3.63, 3.8) is 0 Å². The van der Waals surface area contributed by atoms with E-state index in [2.05, 4.69) is 20.4 Å². The van der Waals surface area contributed by atoms with Crippen LogP contribution in [0.5, 0.6) is 0 Å². The fourth-order valence-electron chi connectivity index (χ4n) is 3.28. The summed E-state index contributed by atoms with van der Waals surface area (Å²) in [7, 11) is -3.67. The van der Waals surface area contributed by atoms with Gasteiger partial charge in [-0.25, -0.2) is 17.5 Å². The Kier molecular flexibility index (Phi) is 5.64. The number of fused-ring (bicyclic) bond motifs is 1. The van der Waals surface area contributed by atoms with E-state index >= 15 is 0 Å². The number of aromatic nitrogens is 4. The number of carbonyl (C=O) groups is 1. The molecule has 0 fully saturated rings. The Morgan fingerprint density at radius 3 is 2.55 bits per heavy atom. The topological polar surface area (TPSA) is 127 Å². The van der Waals surface area contributed by atoms with Gasteiger partial charge in [-0.3, -0.25) is 14.6 Å². The van der Waals surface area contributed by atoms with Crippen molar-refractivity contribution < 1.29 is 17.6 Å². The number of nitrogens with one attached hydrogen (secondary N) is 2. The summed E-state index contributed by atoms with van der Waals surface area (Å²) in [6.45, 7) is 1.64. The van der Waals surface area contributed by atoms with E-state index in [9.17, 15) is 22.4 Å². The summed E-state index contributed by atoms with van der Waals surface area (Å²) in [5.74, 6) is -0.910. The summed E-state index contributed by atoms with van der Waals surface area (Å²) in [5, 5.41) is 7.24. The standard InChI is InChI=1S/C22H18FN5O4S/c1-3-18(13-8-20(29)27-21(9-13)33(2,31)32)26-22(30)17-10-24-12-19-16(17)11-25-28(19)15-6-4-14(23)5-7-15/h3-12H,1-2H3,(H,26,30)(H,27,29)/b18-3+. The highest BCUT2D eigenvalue weighted by atomic mass is 32.2. The van der Waals surface area contributed by atoms with Crippen LogP contribution in [0.15, 0.2) is 70.9 Å². The lowest BCUT2D eigenvalue weighted by Gasteiger charge is -2.11. The third-order valence-electron chi connectivity index (χ3n) is 4.88. The van der Waals surface area contributed by atoms with Crippen LogP contribution in [0, 0.1) is 5.82 Å². The number of hydrogen-bond donors (Lipinski definition) is 2. The predicted octanol–water partition coefficient (Wildman–Crippen LogP) is 2.44. The quantitative estimate of drug-likeness (QED) is 0.464. The predicted molar refractivity (Wildman–Crippen MR) is 120 cm³/mol. The van der Waals surface area contributed by atoms with Crippen molar-refractivity contribution in [2.45, 2.75) is 11.9 Å². The molecule has 0 saturated heterocycles. The zero-order valence-electron chi connectivity index (χ0n) is 17.5. The Bertz CT molecular complexity index is 1570. The van der Waals surface area contributed by atoms with Crippen molar-refractivity contribution in [1.82, 2.24) is 25.1 Å². The molecule has 0 atom stereocenters. The lowest BCUT2D eigenvalue weighted by molar-refractivity contribution is 0.0975. The number of aromatic amines is 1. The minimum atomic E-state index is -3.67. The monoisotopic (exact) mass is 467 g/mol. The van der Waals surface area contributed by atoms with E-state index in [1.807, 2.05) is 0 Å². The molecule has 1 amide bonds. The van der Waals surface area contributed by atoms with Gasteiger partial charge in [0.1, 0.15) is 10.8 Å². The molecule has 0 unspecified atom stereocenters. The number of nitrogens with zero attached hydrogens (tertiary/aromatic N) is 3. The molecule has 3 aromatic heterocycles. The molecule has 0 bridgehead atoms. The van der Waals surface area contributed by atoms with Crippen molar-refractivity contribution in [1.29, 1.82) is 0 Å². The van der Waals surface area contributed by atoms with Crippen LogP contribution in [0.1, 0.15) is 22.8 Å². The van der Waals surface area contributed by atoms with Crippen LogP contribution >= 0.6 is 0 Å². The molecule has 0 aliphatic rings. The zero-order chi connectivity index (χ0) is 23.8. The zero-order valence-corrected chi connectivity index (χ0v) is 18.4. The Balaban J connectivity index is 1.70. The number of pyridine rings is 2. The van der Waals surface area contributed by atoms with E-state index in [-0.39, 0.29) is 27.7 Å². The number of benzene rings is 1. The van der Waals surface area contributed by atoms with Crippen LogP contribution in [0.4, 0.5) is 4.39 Å². The molecular weight excluding hydrogens is 449 g/mol. The van der Waals surface area contributed by atoms with E-state index in [1.165, 1.54) is 47.5 Å². The van der Waals surface area contributed by atoms with Crippen LogP contribution in [0.25, 0.3) is 22.3 Å². The first-order chi connectivity index (χ1) is 15.7. The van der Waals surface area contributed by atoms with Gasteiger partial charge in [-0.2, -0.15) is 5.10 Å². The first-order valence-electron chi connectivity index (χ1n) is 9.67. The summed E-state index contributed by atoms with van der Waals surface area (Å²) in [6, 6.07) is 8.18. The Labute approximate surface area is 187 Å². The van der Waals surface area contributed by atoms with Gasteiger partial charge in [0.25, 0.3) is 5.91 Å². The van der Waals surface area contributed by atoms with Crippen LogP contribution in [-0.2, 0) is 9.84 Å². The van der Waals surface area contributed by atoms with E-state index in [0.717, 1.165) is 6.26 Å². The van der Waals surface area contributed by atoms with Gasteiger partial charge in [-0.15, -0.1) is 0 Å². The maximum Gasteiger partial charge on any atom is 0.257 e. The Morgan fingerprint density at radius 1 is 1.15 bits per heavy atom. The lowest BCUT2D eigenvalue weighted by atomic mass is 10.1. The molecule has 1 aromatic carbocycles. The molecule has 0 aliphatic carbocycles. The molecule has 3 heterocycles. The highest BCUT2D eigenvalue weighted by Crippen LogP contribution is 2.22. The fourth-order valence-corrected chi connectivity index (χ4v) is 3.91. The lowest BCUT2D eigenvalue weighted by Crippen LogP contribution is -2.23. The number of sulfone groups is 1. The van der Waals surface area contributed by atoms with E-state index in [0.29, 0.717) is 16.6 Å². The number of carbonyl (C=O) groups excluding carboxylic acids is 1. The van der Waals surface area contributed by atoms with E-state index < -0.39 is 21.3 Å². The van der Waals surface area contributed by atoms with Crippen LogP contribution in [0.2, 0.25) is 0 Å². The average Bonchev–Trinajstić information content (AvgIpc) is 3.21. The van der Waals surface area contributed by atoms with Crippen molar-refractivity contribution >= 4 is 32.3 Å². The molecule has 2 N–H and O–H groups in total. The largest absolute Gasteiger partial charge is 0.322 e. The molecular formula is C22H18FN5O4S. The second-order valence-corrected chi connectivity index (χ2v) is 9.16. The molecule has 0 aliphatic heterocycles. The normalized spacial score (nSPS) is 12.2. The van der Waals surface area contributed by atoms with Crippen molar-refractivity contribution in [3.8, 4) is 5.69 Å². The third kappa shape index (κ3) is 4.44. The van der Waals surface area contributed by atoms with Gasteiger partial charge in [0.15, 0.2) is 9.84 Å². The highest BCUT2D eigenvalue weighted by Gasteiger charge is 2.18. The van der Waals surface area contributed by atoms with Crippen molar-refractivity contribution in [3.05, 3.63) is 88.4 Å². The molecule has 0 spiro atoms. The van der Waals surface area contributed by atoms with Crippen LogP contribution < -0.4 is 10.9 Å². The smallest absolute Gasteiger partial charge is 0.257 e.